The number of nitrogens with two attached hydrogens (primary N) is 1. The van der Waals surface area contributed by atoms with Crippen molar-refractivity contribution in [3.05, 3.63) is 59.2 Å². The van der Waals surface area contributed by atoms with Crippen LogP contribution in [-0.2, 0) is 0 Å². The van der Waals surface area contributed by atoms with Crippen molar-refractivity contribution in [2.24, 2.45) is 5.73 Å². The summed E-state index contributed by atoms with van der Waals surface area (Å²) in [5, 5.41) is 0. The topological polar surface area (TPSA) is 44.5 Å². The summed E-state index contributed by atoms with van der Waals surface area (Å²) in [5.74, 6) is 2.20. The summed E-state index contributed by atoms with van der Waals surface area (Å²) >= 11 is 0. The van der Waals surface area contributed by atoms with Crippen molar-refractivity contribution in [1.29, 1.82) is 0 Å². The molecule has 1 atom stereocenters. The van der Waals surface area contributed by atoms with E-state index in [1.165, 1.54) is 16.7 Å². The molecule has 0 radical (unpaired) electrons. The molecule has 0 saturated heterocycles. The van der Waals surface area contributed by atoms with Gasteiger partial charge >= 0.3 is 0 Å². The number of benzene rings is 2. The Balaban J connectivity index is 1.86. The third-order valence-electron chi connectivity index (χ3n) is 4.13. The fourth-order valence-corrected chi connectivity index (χ4v) is 2.79. The van der Waals surface area contributed by atoms with E-state index in [-0.39, 0.29) is 0 Å². The summed E-state index contributed by atoms with van der Waals surface area (Å²) in [6.07, 6.45) is 1.99. The Bertz CT molecular complexity index is 625. The van der Waals surface area contributed by atoms with E-state index in [0.717, 1.165) is 24.3 Å². The van der Waals surface area contributed by atoms with E-state index >= 15 is 0 Å². The zero-order valence-electron chi connectivity index (χ0n) is 14.3. The minimum atomic E-state index is 0.341. The van der Waals surface area contributed by atoms with Crippen LogP contribution in [0, 0.1) is 13.8 Å². The van der Waals surface area contributed by atoms with Crippen LogP contribution in [0.3, 0.4) is 0 Å². The maximum atomic E-state index is 5.95. The number of ether oxygens (including phenoxy) is 2. The molecule has 0 aliphatic heterocycles. The molecule has 0 spiro atoms. The lowest BCUT2D eigenvalue weighted by Gasteiger charge is -2.16. The molecule has 3 nitrogen and oxygen atoms in total. The first kappa shape index (κ1) is 17.4. The molecule has 2 rings (SSSR count). The van der Waals surface area contributed by atoms with Gasteiger partial charge in [0.15, 0.2) is 0 Å². The van der Waals surface area contributed by atoms with Gasteiger partial charge in [0.2, 0.25) is 0 Å². The van der Waals surface area contributed by atoms with Crippen molar-refractivity contribution in [3.8, 4) is 11.5 Å². The van der Waals surface area contributed by atoms with Crippen LogP contribution >= 0.6 is 0 Å². The highest BCUT2D eigenvalue weighted by Crippen LogP contribution is 2.24. The van der Waals surface area contributed by atoms with Gasteiger partial charge in [-0.15, -0.1) is 0 Å². The van der Waals surface area contributed by atoms with E-state index in [2.05, 4.69) is 38.1 Å². The molecule has 0 aliphatic carbocycles. The normalized spacial score (nSPS) is 12.0. The lowest BCUT2D eigenvalue weighted by atomic mass is 9.94. The highest BCUT2D eigenvalue weighted by Gasteiger charge is 2.10. The first-order valence-electron chi connectivity index (χ1n) is 8.18. The van der Waals surface area contributed by atoms with Crippen molar-refractivity contribution in [1.82, 2.24) is 0 Å². The predicted octanol–water partition coefficient (Wildman–Crippen LogP) is 4.21. The Morgan fingerprint density at radius 1 is 1.09 bits per heavy atom. The summed E-state index contributed by atoms with van der Waals surface area (Å²) in [6, 6.07) is 14.4. The molecule has 0 aromatic heterocycles. The predicted molar refractivity (Wildman–Crippen MR) is 95.4 cm³/mol. The molecule has 3 heteroatoms. The Morgan fingerprint density at radius 2 is 1.91 bits per heavy atom. The van der Waals surface area contributed by atoms with Crippen LogP contribution < -0.4 is 15.2 Å². The fourth-order valence-electron chi connectivity index (χ4n) is 2.79. The highest BCUT2D eigenvalue weighted by molar-refractivity contribution is 5.35. The molecular weight excluding hydrogens is 286 g/mol. The smallest absolute Gasteiger partial charge is 0.122 e. The molecular formula is C20H27NO2. The molecule has 2 aromatic carbocycles. The van der Waals surface area contributed by atoms with Gasteiger partial charge in [0.1, 0.15) is 11.5 Å². The standard InChI is InChI=1S/C20H27NO2/c1-15-9-10-20(16(2)12-15)23-11-5-7-18(14-21)17-6-4-8-19(13-17)22-3/h4,6,8-10,12-13,18H,5,7,11,14,21H2,1-3H3. The van der Waals surface area contributed by atoms with Crippen molar-refractivity contribution in [2.75, 3.05) is 20.3 Å². The van der Waals surface area contributed by atoms with E-state index in [0.29, 0.717) is 19.1 Å². The molecule has 0 saturated carbocycles. The van der Waals surface area contributed by atoms with Crippen molar-refractivity contribution < 1.29 is 9.47 Å². The molecule has 23 heavy (non-hydrogen) atoms. The second kappa shape index (κ2) is 8.59. The lowest BCUT2D eigenvalue weighted by Crippen LogP contribution is -2.14. The van der Waals surface area contributed by atoms with Gasteiger partial charge in [-0.1, -0.05) is 29.8 Å². The fraction of sp³-hybridized carbons (Fsp3) is 0.400. The van der Waals surface area contributed by atoms with Crippen LogP contribution in [0.2, 0.25) is 0 Å². The Hall–Kier alpha value is -2.00. The van der Waals surface area contributed by atoms with Gasteiger partial charge in [-0.3, -0.25) is 0 Å². The molecule has 0 aliphatic rings. The molecule has 2 aromatic rings. The zero-order chi connectivity index (χ0) is 16.7. The van der Waals surface area contributed by atoms with Crippen molar-refractivity contribution in [3.63, 3.8) is 0 Å². The van der Waals surface area contributed by atoms with Gasteiger partial charge in [0.25, 0.3) is 0 Å². The quantitative estimate of drug-likeness (QED) is 0.742. The van der Waals surface area contributed by atoms with E-state index in [1.807, 2.05) is 18.2 Å². The first-order valence-corrected chi connectivity index (χ1v) is 8.18. The van der Waals surface area contributed by atoms with E-state index < -0.39 is 0 Å². The zero-order valence-corrected chi connectivity index (χ0v) is 14.3. The van der Waals surface area contributed by atoms with Crippen LogP contribution in [0.5, 0.6) is 11.5 Å². The third kappa shape index (κ3) is 5.00. The van der Waals surface area contributed by atoms with Crippen molar-refractivity contribution >= 4 is 0 Å². The Kier molecular flexibility index (Phi) is 6.48. The Morgan fingerprint density at radius 3 is 2.61 bits per heavy atom. The van der Waals surface area contributed by atoms with Crippen LogP contribution in [0.4, 0.5) is 0 Å². The van der Waals surface area contributed by atoms with Gasteiger partial charge in [-0.25, -0.2) is 0 Å². The SMILES string of the molecule is COc1cccc(C(CN)CCCOc2ccc(C)cc2C)c1. The summed E-state index contributed by atoms with van der Waals surface area (Å²) < 4.78 is 11.2. The monoisotopic (exact) mass is 313 g/mol. The average Bonchev–Trinajstić information content (AvgIpc) is 2.56. The lowest BCUT2D eigenvalue weighted by molar-refractivity contribution is 0.300. The van der Waals surface area contributed by atoms with Crippen LogP contribution in [0.25, 0.3) is 0 Å². The number of hydrogen-bond acceptors (Lipinski definition) is 3. The van der Waals surface area contributed by atoms with E-state index in [9.17, 15) is 0 Å². The van der Waals surface area contributed by atoms with Crippen LogP contribution in [0.1, 0.15) is 35.4 Å². The van der Waals surface area contributed by atoms with E-state index in [1.54, 1.807) is 7.11 Å². The molecule has 124 valence electrons. The van der Waals surface area contributed by atoms with Gasteiger partial charge in [0, 0.05) is 0 Å². The average molecular weight is 313 g/mol. The highest BCUT2D eigenvalue weighted by atomic mass is 16.5. The maximum absolute atomic E-state index is 5.95. The van der Waals surface area contributed by atoms with Crippen LogP contribution in [-0.4, -0.2) is 20.3 Å². The number of methoxy groups -OCH3 is 1. The maximum Gasteiger partial charge on any atom is 0.122 e. The first-order chi connectivity index (χ1) is 11.1. The summed E-state index contributed by atoms with van der Waals surface area (Å²) in [7, 11) is 1.69. The minimum Gasteiger partial charge on any atom is -0.497 e. The molecule has 0 bridgehead atoms. The second-order valence-electron chi connectivity index (χ2n) is 5.97. The molecule has 2 N–H and O–H groups in total. The van der Waals surface area contributed by atoms with E-state index in [4.69, 9.17) is 15.2 Å². The van der Waals surface area contributed by atoms with Gasteiger partial charge in [-0.05, 0) is 68.5 Å². The Labute approximate surface area is 139 Å². The summed E-state index contributed by atoms with van der Waals surface area (Å²) in [4.78, 5) is 0. The third-order valence-corrected chi connectivity index (χ3v) is 4.13. The van der Waals surface area contributed by atoms with Gasteiger partial charge in [0.05, 0.1) is 13.7 Å². The molecule has 0 fully saturated rings. The van der Waals surface area contributed by atoms with Gasteiger partial charge in [-0.2, -0.15) is 0 Å². The molecule has 1 unspecified atom stereocenters. The summed E-state index contributed by atoms with van der Waals surface area (Å²) in [6.45, 7) is 5.53. The number of aryl methyl sites for hydroxylation is 2. The minimum absolute atomic E-state index is 0.341. The number of rotatable bonds is 8. The number of hydrogen-bond donors (Lipinski definition) is 1. The molecule has 0 amide bonds. The molecule has 0 heterocycles. The van der Waals surface area contributed by atoms with Crippen LogP contribution in [0.15, 0.2) is 42.5 Å². The summed E-state index contributed by atoms with van der Waals surface area (Å²) in [5.41, 5.74) is 9.63. The van der Waals surface area contributed by atoms with Gasteiger partial charge < -0.3 is 15.2 Å². The van der Waals surface area contributed by atoms with Crippen molar-refractivity contribution in [2.45, 2.75) is 32.6 Å². The largest absolute Gasteiger partial charge is 0.497 e. The second-order valence-corrected chi connectivity index (χ2v) is 5.97.